The average Bonchev–Trinajstić information content (AvgIpc) is 2.41. The van der Waals surface area contributed by atoms with E-state index in [0.29, 0.717) is 0 Å². The van der Waals surface area contributed by atoms with Crippen LogP contribution in [0.5, 0.6) is 0 Å². The van der Waals surface area contributed by atoms with E-state index >= 15 is 0 Å². The summed E-state index contributed by atoms with van der Waals surface area (Å²) >= 11 is 0. The number of hydrogen-bond donors (Lipinski definition) is 1. The van der Waals surface area contributed by atoms with E-state index in [1.165, 1.54) is 0 Å². The highest BCUT2D eigenvalue weighted by Crippen LogP contribution is 2.23. The minimum Gasteiger partial charge on any atom is -0.314 e. The van der Waals surface area contributed by atoms with Crippen LogP contribution in [0.4, 0.5) is 0 Å². The molecule has 0 amide bonds. The van der Waals surface area contributed by atoms with Gasteiger partial charge in [0, 0.05) is 31.7 Å². The van der Waals surface area contributed by atoms with Crippen molar-refractivity contribution in [1.29, 1.82) is 0 Å². The first kappa shape index (κ1) is 14.2. The van der Waals surface area contributed by atoms with Crippen LogP contribution in [0.1, 0.15) is 35.3 Å². The van der Waals surface area contributed by atoms with Gasteiger partial charge in [-0.3, -0.25) is 9.69 Å². The van der Waals surface area contributed by atoms with Crippen LogP contribution in [0.2, 0.25) is 0 Å². The van der Waals surface area contributed by atoms with Gasteiger partial charge in [0.05, 0.1) is 5.54 Å². The fraction of sp³-hybridized carbons (Fsp3) is 0.562. The molecule has 1 aromatic carbocycles. The maximum atomic E-state index is 12.9. The molecule has 1 N–H and O–H groups in total. The summed E-state index contributed by atoms with van der Waals surface area (Å²) in [6.07, 6.45) is 0. The van der Waals surface area contributed by atoms with Crippen LogP contribution >= 0.6 is 0 Å². The summed E-state index contributed by atoms with van der Waals surface area (Å²) in [6, 6.07) is 6.11. The largest absolute Gasteiger partial charge is 0.314 e. The van der Waals surface area contributed by atoms with Gasteiger partial charge in [0.15, 0.2) is 5.78 Å². The molecule has 1 aliphatic rings. The molecule has 0 atom stereocenters. The number of nitrogens with one attached hydrogen (secondary N) is 1. The summed E-state index contributed by atoms with van der Waals surface area (Å²) in [7, 11) is 0. The lowest BCUT2D eigenvalue weighted by molar-refractivity contribution is 0.0602. The lowest BCUT2D eigenvalue weighted by Gasteiger charge is -2.40. The van der Waals surface area contributed by atoms with E-state index < -0.39 is 5.54 Å². The third-order valence-electron chi connectivity index (χ3n) is 4.10. The van der Waals surface area contributed by atoms with E-state index in [2.05, 4.69) is 16.3 Å². The van der Waals surface area contributed by atoms with Gasteiger partial charge in [-0.25, -0.2) is 0 Å². The Bertz CT molecular complexity index is 474. The van der Waals surface area contributed by atoms with Crippen LogP contribution in [0.25, 0.3) is 0 Å². The van der Waals surface area contributed by atoms with Gasteiger partial charge < -0.3 is 5.32 Å². The molecule has 0 spiro atoms. The SMILES string of the molecule is Cc1ccc(C)c(C(=O)C(C)(C)N2CCNCC2)c1. The molecule has 1 heterocycles. The van der Waals surface area contributed by atoms with Crippen molar-refractivity contribution in [3.8, 4) is 0 Å². The van der Waals surface area contributed by atoms with Gasteiger partial charge in [0.1, 0.15) is 0 Å². The highest BCUT2D eigenvalue weighted by atomic mass is 16.1. The molecule has 3 nitrogen and oxygen atoms in total. The normalized spacial score (nSPS) is 17.5. The maximum absolute atomic E-state index is 12.9. The topological polar surface area (TPSA) is 32.3 Å². The molecule has 0 bridgehead atoms. The average molecular weight is 260 g/mol. The summed E-state index contributed by atoms with van der Waals surface area (Å²) in [4.78, 5) is 15.2. The zero-order chi connectivity index (χ0) is 14.0. The number of aryl methyl sites for hydroxylation is 2. The number of nitrogens with zero attached hydrogens (tertiary/aromatic N) is 1. The molecule has 0 aromatic heterocycles. The van der Waals surface area contributed by atoms with Crippen molar-refractivity contribution in [2.24, 2.45) is 0 Å². The summed E-state index contributed by atoms with van der Waals surface area (Å²) < 4.78 is 0. The monoisotopic (exact) mass is 260 g/mol. The summed E-state index contributed by atoms with van der Waals surface area (Å²) in [5.41, 5.74) is 2.65. The second-order valence-corrected chi connectivity index (χ2v) is 5.94. The van der Waals surface area contributed by atoms with E-state index in [0.717, 1.165) is 42.9 Å². The molecule has 19 heavy (non-hydrogen) atoms. The zero-order valence-electron chi connectivity index (χ0n) is 12.4. The van der Waals surface area contributed by atoms with E-state index in [1.54, 1.807) is 0 Å². The molecule has 0 saturated carbocycles. The Morgan fingerprint density at radius 1 is 1.21 bits per heavy atom. The van der Waals surface area contributed by atoms with Crippen molar-refractivity contribution in [1.82, 2.24) is 10.2 Å². The van der Waals surface area contributed by atoms with Gasteiger partial charge in [0.25, 0.3) is 0 Å². The van der Waals surface area contributed by atoms with E-state index in [9.17, 15) is 4.79 Å². The predicted octanol–water partition coefficient (Wildman–Crippen LogP) is 2.17. The van der Waals surface area contributed by atoms with Crippen LogP contribution in [-0.2, 0) is 0 Å². The molecule has 3 heteroatoms. The number of benzene rings is 1. The van der Waals surface area contributed by atoms with Crippen molar-refractivity contribution in [3.05, 3.63) is 34.9 Å². The zero-order valence-corrected chi connectivity index (χ0v) is 12.4. The fourth-order valence-electron chi connectivity index (χ4n) is 2.68. The maximum Gasteiger partial charge on any atom is 0.182 e. The van der Waals surface area contributed by atoms with Crippen molar-refractivity contribution in [2.45, 2.75) is 33.2 Å². The highest BCUT2D eigenvalue weighted by molar-refractivity contribution is 6.03. The van der Waals surface area contributed by atoms with Crippen LogP contribution in [0, 0.1) is 13.8 Å². The Balaban J connectivity index is 2.28. The molecule has 2 rings (SSSR count). The lowest BCUT2D eigenvalue weighted by Crippen LogP contribution is -2.57. The van der Waals surface area contributed by atoms with Crippen molar-refractivity contribution >= 4 is 5.78 Å². The Morgan fingerprint density at radius 3 is 2.47 bits per heavy atom. The van der Waals surface area contributed by atoms with Gasteiger partial charge in [-0.2, -0.15) is 0 Å². The van der Waals surface area contributed by atoms with E-state index in [1.807, 2.05) is 39.8 Å². The van der Waals surface area contributed by atoms with Crippen molar-refractivity contribution in [3.63, 3.8) is 0 Å². The Morgan fingerprint density at radius 2 is 1.84 bits per heavy atom. The number of carbonyl (C=O) groups excluding carboxylic acids is 1. The van der Waals surface area contributed by atoms with Crippen LogP contribution in [0.3, 0.4) is 0 Å². The second kappa shape index (κ2) is 5.43. The fourth-order valence-corrected chi connectivity index (χ4v) is 2.68. The standard InChI is InChI=1S/C16H24N2O/c1-12-5-6-13(2)14(11-12)15(19)16(3,4)18-9-7-17-8-10-18/h5-6,11,17H,7-10H2,1-4H3. The van der Waals surface area contributed by atoms with Crippen molar-refractivity contribution < 1.29 is 4.79 Å². The Hall–Kier alpha value is -1.19. The van der Waals surface area contributed by atoms with E-state index in [4.69, 9.17) is 0 Å². The number of ketones is 1. The van der Waals surface area contributed by atoms with Crippen LogP contribution < -0.4 is 5.32 Å². The number of hydrogen-bond acceptors (Lipinski definition) is 3. The first-order valence-corrected chi connectivity index (χ1v) is 7.01. The smallest absolute Gasteiger partial charge is 0.182 e. The molecule has 0 unspecified atom stereocenters. The number of carbonyl (C=O) groups is 1. The Labute approximate surface area is 116 Å². The van der Waals surface area contributed by atoms with Gasteiger partial charge in [-0.1, -0.05) is 17.7 Å². The first-order chi connectivity index (χ1) is 8.93. The van der Waals surface area contributed by atoms with Gasteiger partial charge in [-0.05, 0) is 39.3 Å². The molecule has 0 radical (unpaired) electrons. The molecule has 1 saturated heterocycles. The van der Waals surface area contributed by atoms with E-state index in [-0.39, 0.29) is 5.78 Å². The molecule has 1 aromatic rings. The quantitative estimate of drug-likeness (QED) is 0.845. The summed E-state index contributed by atoms with van der Waals surface area (Å²) in [6.45, 7) is 11.9. The number of piperazine rings is 1. The van der Waals surface area contributed by atoms with Gasteiger partial charge in [-0.15, -0.1) is 0 Å². The lowest BCUT2D eigenvalue weighted by atomic mass is 9.88. The van der Waals surface area contributed by atoms with Crippen LogP contribution in [0.15, 0.2) is 18.2 Å². The minimum atomic E-state index is -0.430. The van der Waals surface area contributed by atoms with Gasteiger partial charge >= 0.3 is 0 Å². The third-order valence-corrected chi connectivity index (χ3v) is 4.10. The van der Waals surface area contributed by atoms with Crippen LogP contribution in [-0.4, -0.2) is 42.4 Å². The number of rotatable bonds is 3. The molecule has 104 valence electrons. The Kier molecular flexibility index (Phi) is 4.07. The summed E-state index contributed by atoms with van der Waals surface area (Å²) in [5, 5.41) is 3.33. The second-order valence-electron chi connectivity index (χ2n) is 5.94. The highest BCUT2D eigenvalue weighted by Gasteiger charge is 2.36. The first-order valence-electron chi connectivity index (χ1n) is 7.01. The minimum absolute atomic E-state index is 0.232. The molecule has 1 fully saturated rings. The number of Topliss-reactive ketones (excluding diaryl/α,β-unsaturated/α-hetero) is 1. The third kappa shape index (κ3) is 2.88. The molecule has 1 aliphatic heterocycles. The predicted molar refractivity (Wildman–Crippen MR) is 78.8 cm³/mol. The molecular formula is C16H24N2O. The molecular weight excluding hydrogens is 236 g/mol. The molecule has 0 aliphatic carbocycles. The van der Waals surface area contributed by atoms with Gasteiger partial charge in [0.2, 0.25) is 0 Å². The summed E-state index contributed by atoms with van der Waals surface area (Å²) in [5.74, 6) is 0.232. The van der Waals surface area contributed by atoms with Crippen molar-refractivity contribution in [2.75, 3.05) is 26.2 Å².